The molecule has 0 unspecified atom stereocenters. The van der Waals surface area contributed by atoms with E-state index in [-0.39, 0.29) is 5.75 Å². The third-order valence-corrected chi connectivity index (χ3v) is 1.41. The molecule has 0 spiro atoms. The zero-order valence-electron chi connectivity index (χ0n) is 6.95. The van der Waals surface area contributed by atoms with Gasteiger partial charge in [0.05, 0.1) is 0 Å². The van der Waals surface area contributed by atoms with E-state index >= 15 is 0 Å². The SMILES string of the molecule is CC(C)C[n+]1cccc([O-])c1. The standard InChI is InChI=1S/C9H13NO/c1-8(2)6-10-5-3-4-9(11)7-10/h3-5,7-8H,6H2,1-2H3. The minimum atomic E-state index is 0.0770. The van der Waals surface area contributed by atoms with Crippen molar-refractivity contribution in [2.24, 2.45) is 5.92 Å². The molecule has 0 aliphatic heterocycles. The normalized spacial score (nSPS) is 10.5. The number of hydrogen-bond donors (Lipinski definition) is 0. The van der Waals surface area contributed by atoms with Crippen molar-refractivity contribution >= 4 is 0 Å². The molecule has 1 heterocycles. The topological polar surface area (TPSA) is 26.9 Å². The Labute approximate surface area is 67.1 Å². The maximum atomic E-state index is 10.9. The van der Waals surface area contributed by atoms with Gasteiger partial charge >= 0.3 is 0 Å². The molecule has 60 valence electrons. The van der Waals surface area contributed by atoms with Crippen LogP contribution < -0.4 is 9.67 Å². The second-order valence-electron chi connectivity index (χ2n) is 3.13. The minimum Gasteiger partial charge on any atom is -0.868 e. The first-order valence-corrected chi connectivity index (χ1v) is 3.84. The largest absolute Gasteiger partial charge is 0.868 e. The fraction of sp³-hybridized carbons (Fsp3) is 0.444. The Morgan fingerprint density at radius 1 is 1.55 bits per heavy atom. The molecule has 2 heteroatoms. The van der Waals surface area contributed by atoms with Gasteiger partial charge in [-0.2, -0.15) is 0 Å². The molecule has 0 amide bonds. The lowest BCUT2D eigenvalue weighted by atomic mass is 10.2. The van der Waals surface area contributed by atoms with E-state index < -0.39 is 0 Å². The fourth-order valence-corrected chi connectivity index (χ4v) is 1.03. The highest BCUT2D eigenvalue weighted by Crippen LogP contribution is 1.97. The maximum Gasteiger partial charge on any atom is 0.168 e. The molecular weight excluding hydrogens is 138 g/mol. The number of pyridine rings is 1. The number of hydrogen-bond acceptors (Lipinski definition) is 1. The van der Waals surface area contributed by atoms with Crippen LogP contribution in [0, 0.1) is 5.92 Å². The monoisotopic (exact) mass is 151 g/mol. The van der Waals surface area contributed by atoms with Crippen molar-refractivity contribution in [3.8, 4) is 5.75 Å². The zero-order valence-corrected chi connectivity index (χ0v) is 6.95. The predicted molar refractivity (Wildman–Crippen MR) is 40.9 cm³/mol. The summed E-state index contributed by atoms with van der Waals surface area (Å²) in [5.41, 5.74) is 0. The lowest BCUT2D eigenvalue weighted by molar-refractivity contribution is -0.704. The molecule has 0 aliphatic rings. The lowest BCUT2D eigenvalue weighted by Crippen LogP contribution is -2.35. The fourth-order valence-electron chi connectivity index (χ4n) is 1.03. The van der Waals surface area contributed by atoms with Crippen molar-refractivity contribution in [3.63, 3.8) is 0 Å². The van der Waals surface area contributed by atoms with Gasteiger partial charge < -0.3 is 5.11 Å². The van der Waals surface area contributed by atoms with Crippen LogP contribution in [0.15, 0.2) is 24.5 Å². The highest BCUT2D eigenvalue weighted by Gasteiger charge is 2.01. The van der Waals surface area contributed by atoms with E-state index in [2.05, 4.69) is 13.8 Å². The van der Waals surface area contributed by atoms with E-state index in [0.29, 0.717) is 5.92 Å². The van der Waals surface area contributed by atoms with Gasteiger partial charge in [-0.15, -0.1) is 0 Å². The molecule has 1 rings (SSSR count). The molecule has 11 heavy (non-hydrogen) atoms. The van der Waals surface area contributed by atoms with Crippen molar-refractivity contribution in [3.05, 3.63) is 24.5 Å². The number of rotatable bonds is 2. The molecule has 0 saturated heterocycles. The Bertz CT molecular complexity index is 233. The summed E-state index contributed by atoms with van der Waals surface area (Å²) in [6.45, 7) is 5.17. The van der Waals surface area contributed by atoms with Crippen molar-refractivity contribution in [1.82, 2.24) is 0 Å². The molecular formula is C9H13NO. The Morgan fingerprint density at radius 2 is 2.27 bits per heavy atom. The van der Waals surface area contributed by atoms with Crippen LogP contribution in [0.4, 0.5) is 0 Å². The van der Waals surface area contributed by atoms with Gasteiger partial charge in [-0.25, -0.2) is 4.57 Å². The van der Waals surface area contributed by atoms with Crippen LogP contribution in [0.5, 0.6) is 5.75 Å². The van der Waals surface area contributed by atoms with Gasteiger partial charge in [0.2, 0.25) is 0 Å². The molecule has 1 aromatic heterocycles. The van der Waals surface area contributed by atoms with Gasteiger partial charge in [-0.3, -0.25) is 0 Å². The summed E-state index contributed by atoms with van der Waals surface area (Å²) in [4.78, 5) is 0. The molecule has 0 bridgehead atoms. The van der Waals surface area contributed by atoms with Gasteiger partial charge in [-0.05, 0) is 5.75 Å². The third-order valence-electron chi connectivity index (χ3n) is 1.41. The van der Waals surface area contributed by atoms with Crippen LogP contribution in [0.25, 0.3) is 0 Å². The van der Waals surface area contributed by atoms with Crippen LogP contribution in [0.2, 0.25) is 0 Å². The summed E-state index contributed by atoms with van der Waals surface area (Å²) in [5.74, 6) is 0.662. The second kappa shape index (κ2) is 3.37. The molecule has 0 atom stereocenters. The predicted octanol–water partition coefficient (Wildman–Crippen LogP) is 0.704. The average Bonchev–Trinajstić information content (AvgIpc) is 1.85. The summed E-state index contributed by atoms with van der Waals surface area (Å²) in [7, 11) is 0. The first-order valence-electron chi connectivity index (χ1n) is 3.84. The second-order valence-corrected chi connectivity index (χ2v) is 3.13. The van der Waals surface area contributed by atoms with E-state index in [4.69, 9.17) is 0 Å². The highest BCUT2D eigenvalue weighted by molar-refractivity contribution is 5.07. The molecule has 0 radical (unpaired) electrons. The van der Waals surface area contributed by atoms with Gasteiger partial charge in [0, 0.05) is 12.0 Å². The van der Waals surface area contributed by atoms with Crippen LogP contribution in [-0.2, 0) is 6.54 Å². The van der Waals surface area contributed by atoms with Gasteiger partial charge in [0.1, 0.15) is 0 Å². The summed E-state index contributed by atoms with van der Waals surface area (Å²) < 4.78 is 1.92. The van der Waals surface area contributed by atoms with Crippen molar-refractivity contribution < 1.29 is 9.67 Å². The summed E-state index contributed by atoms with van der Waals surface area (Å²) in [6.07, 6.45) is 3.54. The summed E-state index contributed by atoms with van der Waals surface area (Å²) >= 11 is 0. The Morgan fingerprint density at radius 3 is 2.82 bits per heavy atom. The Kier molecular flexibility index (Phi) is 2.47. The summed E-state index contributed by atoms with van der Waals surface area (Å²) in [5, 5.41) is 10.9. The molecule has 2 nitrogen and oxygen atoms in total. The van der Waals surface area contributed by atoms with Crippen molar-refractivity contribution in [2.45, 2.75) is 20.4 Å². The van der Waals surface area contributed by atoms with E-state index in [1.807, 2.05) is 10.8 Å². The van der Waals surface area contributed by atoms with Crippen LogP contribution in [-0.4, -0.2) is 0 Å². The van der Waals surface area contributed by atoms with E-state index in [1.54, 1.807) is 18.3 Å². The molecule has 0 aromatic carbocycles. The number of aromatic nitrogens is 1. The van der Waals surface area contributed by atoms with Crippen molar-refractivity contribution in [2.75, 3.05) is 0 Å². The van der Waals surface area contributed by atoms with Crippen LogP contribution >= 0.6 is 0 Å². The van der Waals surface area contributed by atoms with E-state index in [9.17, 15) is 5.11 Å². The van der Waals surface area contributed by atoms with Gasteiger partial charge in [0.15, 0.2) is 18.9 Å². The lowest BCUT2D eigenvalue weighted by Gasteiger charge is -2.03. The number of nitrogens with zero attached hydrogens (tertiary/aromatic N) is 1. The molecule has 1 aromatic rings. The Balaban J connectivity index is 2.71. The first kappa shape index (κ1) is 8.05. The molecule has 0 fully saturated rings. The average molecular weight is 151 g/mol. The minimum absolute atomic E-state index is 0.0770. The van der Waals surface area contributed by atoms with Crippen molar-refractivity contribution in [1.29, 1.82) is 0 Å². The maximum absolute atomic E-state index is 10.9. The van der Waals surface area contributed by atoms with E-state index in [0.717, 1.165) is 6.54 Å². The highest BCUT2D eigenvalue weighted by atomic mass is 16.3. The van der Waals surface area contributed by atoms with Gasteiger partial charge in [-0.1, -0.05) is 19.9 Å². The third kappa shape index (κ3) is 2.58. The Hall–Kier alpha value is -1.05. The molecule has 0 aliphatic carbocycles. The molecule has 0 saturated carbocycles. The smallest absolute Gasteiger partial charge is 0.168 e. The quantitative estimate of drug-likeness (QED) is 0.572. The zero-order chi connectivity index (χ0) is 8.27. The van der Waals surface area contributed by atoms with E-state index in [1.165, 1.54) is 0 Å². The van der Waals surface area contributed by atoms with Crippen LogP contribution in [0.1, 0.15) is 13.8 Å². The van der Waals surface area contributed by atoms with Gasteiger partial charge in [0.25, 0.3) is 0 Å². The van der Waals surface area contributed by atoms with Crippen LogP contribution in [0.3, 0.4) is 0 Å². The summed E-state index contributed by atoms with van der Waals surface area (Å²) in [6, 6.07) is 3.35. The molecule has 0 N–H and O–H groups in total. The first-order chi connectivity index (χ1) is 5.18.